The van der Waals surface area contributed by atoms with Crippen molar-refractivity contribution in [1.29, 1.82) is 0 Å². The third-order valence-electron chi connectivity index (χ3n) is 11.2. The zero-order valence-corrected chi connectivity index (χ0v) is 45.2. The van der Waals surface area contributed by atoms with E-state index < -0.39 is 195 Å². The van der Waals surface area contributed by atoms with E-state index in [1.807, 2.05) is 0 Å². The van der Waals surface area contributed by atoms with Crippen LogP contribution in [0.4, 0.5) is 0 Å². The first-order valence-corrected chi connectivity index (χ1v) is 25.4. The van der Waals surface area contributed by atoms with Crippen LogP contribution in [0.25, 0.3) is 0 Å². The Kier molecular flexibility index (Phi) is 33.0. The number of carbonyl (C=O) groups is 14. The highest BCUT2D eigenvalue weighted by Gasteiger charge is 2.35. The van der Waals surface area contributed by atoms with E-state index >= 15 is 0 Å². The number of aliphatic imine (C=N–C) groups is 1. The Bertz CT molecular complexity index is 2190. The minimum absolute atomic E-state index is 0.00282. The van der Waals surface area contributed by atoms with E-state index in [1.54, 1.807) is 41.5 Å². The van der Waals surface area contributed by atoms with E-state index in [2.05, 4.69) is 52.8 Å². The molecule has 0 unspecified atom stereocenters. The minimum Gasteiger partial charge on any atom is -0.481 e. The lowest BCUT2D eigenvalue weighted by Gasteiger charge is -2.27. The number of hydrogen-bond donors (Lipinski definition) is 17. The molecule has 0 radical (unpaired) electrons. The number of primary amides is 1. The monoisotopic (exact) mass is 1130 g/mol. The van der Waals surface area contributed by atoms with Crippen molar-refractivity contribution in [2.45, 2.75) is 167 Å². The first kappa shape index (κ1) is 70.8. The van der Waals surface area contributed by atoms with Crippen LogP contribution in [-0.2, 0) is 67.1 Å². The molecule has 0 saturated heterocycles. The number of amides is 10. The number of carboxylic acids is 4. The van der Waals surface area contributed by atoms with Gasteiger partial charge in [-0.15, -0.1) is 0 Å². The molecule has 32 heteroatoms. The number of hydrogen-bond acceptors (Lipinski definition) is 16. The van der Waals surface area contributed by atoms with Crippen LogP contribution in [0.3, 0.4) is 0 Å². The molecule has 10 amide bonds. The van der Waals surface area contributed by atoms with Crippen LogP contribution in [0.5, 0.6) is 0 Å². The first-order chi connectivity index (χ1) is 36.7. The Hall–Kier alpha value is -8.19. The largest absolute Gasteiger partial charge is 0.481 e. The van der Waals surface area contributed by atoms with Gasteiger partial charge < -0.3 is 91.2 Å². The summed E-state index contributed by atoms with van der Waals surface area (Å²) in [5, 5.41) is 58.4. The number of nitrogens with two attached hydrogens (primary N) is 4. The van der Waals surface area contributed by atoms with Crippen LogP contribution >= 0.6 is 0 Å². The fraction of sp³-hybridized carbons (Fsp3) is 0.681. The Morgan fingerprint density at radius 2 is 0.810 bits per heavy atom. The standard InChI is InChI=1S/C47H80N14O18/c1-22(2)18-30(59-41(73)28(12-16-37(69)70)56-33(63)20-53-39(71)25(48)9-14-35(65)66)44(76)58-29(10-13-32(49)62)42(74)57-27(11-15-36(67)68)40(72)54-21-34(64)55-26(8-7-17-52-47(50)51)43(75)61-38(24(5)6)45(77)60-31(46(78)79)19-23(3)4/h22-31,38H,7-21,48H2,1-6H3,(H2,49,62)(H,53,71)(H,54,72)(H,55,64)(H,56,63)(H,57,74)(H,58,76)(H,59,73)(H,60,77)(H,61,75)(H,65,66)(H,67,68)(H,69,70)(H,78,79)(H4,50,51,52)/t25-,26-,27-,28-,29-,30-,31-,38-/m0/s1. The number of nitrogens with zero attached hydrogens (tertiary/aromatic N) is 1. The summed E-state index contributed by atoms with van der Waals surface area (Å²) in [5.41, 5.74) is 21.8. The van der Waals surface area contributed by atoms with Crippen LogP contribution in [-0.4, -0.2) is 177 Å². The van der Waals surface area contributed by atoms with E-state index in [0.717, 1.165) is 0 Å². The van der Waals surface area contributed by atoms with E-state index in [1.165, 1.54) is 0 Å². The summed E-state index contributed by atoms with van der Waals surface area (Å²) in [4.78, 5) is 182. The number of aliphatic carboxylic acids is 4. The van der Waals surface area contributed by atoms with Gasteiger partial charge in [-0.3, -0.25) is 67.3 Å². The van der Waals surface area contributed by atoms with Crippen molar-refractivity contribution in [3.8, 4) is 0 Å². The third-order valence-corrected chi connectivity index (χ3v) is 11.2. The summed E-state index contributed by atoms with van der Waals surface area (Å²) >= 11 is 0. The molecule has 79 heavy (non-hydrogen) atoms. The molecule has 0 bridgehead atoms. The van der Waals surface area contributed by atoms with Crippen molar-refractivity contribution in [2.24, 2.45) is 45.7 Å². The predicted molar refractivity (Wildman–Crippen MR) is 278 cm³/mol. The van der Waals surface area contributed by atoms with E-state index in [9.17, 15) is 82.4 Å². The summed E-state index contributed by atoms with van der Waals surface area (Å²) < 4.78 is 0. The topological polar surface area (TPSA) is 545 Å². The zero-order valence-electron chi connectivity index (χ0n) is 45.2. The molecule has 21 N–H and O–H groups in total. The minimum atomic E-state index is -1.74. The van der Waals surface area contributed by atoms with Crippen molar-refractivity contribution < 1.29 is 87.5 Å². The van der Waals surface area contributed by atoms with Crippen LogP contribution in [0.15, 0.2) is 4.99 Å². The Morgan fingerprint density at radius 3 is 1.25 bits per heavy atom. The molecular weight excluding hydrogens is 1050 g/mol. The third kappa shape index (κ3) is 31.6. The molecule has 0 fully saturated rings. The van der Waals surface area contributed by atoms with Crippen molar-refractivity contribution in [3.63, 3.8) is 0 Å². The number of carbonyl (C=O) groups excluding carboxylic acids is 10. The fourth-order valence-corrected chi connectivity index (χ4v) is 7.15. The molecular formula is C47H80N14O18. The lowest BCUT2D eigenvalue weighted by molar-refractivity contribution is -0.143. The number of guanidine groups is 1. The summed E-state index contributed by atoms with van der Waals surface area (Å²) in [5.74, 6) is -16.6. The molecule has 0 rings (SSSR count). The Morgan fingerprint density at radius 1 is 0.430 bits per heavy atom. The van der Waals surface area contributed by atoms with Crippen molar-refractivity contribution in [2.75, 3.05) is 19.6 Å². The molecule has 8 atom stereocenters. The average molecular weight is 1130 g/mol. The number of carboxylic acid groups (broad SMARTS) is 4. The molecule has 0 aromatic carbocycles. The molecule has 446 valence electrons. The van der Waals surface area contributed by atoms with Crippen LogP contribution < -0.4 is 70.8 Å². The molecule has 0 saturated carbocycles. The van der Waals surface area contributed by atoms with E-state index in [0.29, 0.717) is 0 Å². The smallest absolute Gasteiger partial charge is 0.326 e. The number of rotatable bonds is 40. The summed E-state index contributed by atoms with van der Waals surface area (Å²) in [7, 11) is 0. The summed E-state index contributed by atoms with van der Waals surface area (Å²) in [6.45, 7) is 8.30. The summed E-state index contributed by atoms with van der Waals surface area (Å²) in [6.07, 6.45) is -4.38. The van der Waals surface area contributed by atoms with Gasteiger partial charge in [0.25, 0.3) is 0 Å². The lowest BCUT2D eigenvalue weighted by Crippen LogP contribution is -2.59. The average Bonchev–Trinajstić information content (AvgIpc) is 3.33. The van der Waals surface area contributed by atoms with Gasteiger partial charge in [0.15, 0.2) is 5.96 Å². The van der Waals surface area contributed by atoms with Crippen LogP contribution in [0.1, 0.15) is 119 Å². The predicted octanol–water partition coefficient (Wildman–Crippen LogP) is -5.31. The molecule has 0 aliphatic heterocycles. The lowest BCUT2D eigenvalue weighted by atomic mass is 9.99. The second kappa shape index (κ2) is 36.8. The van der Waals surface area contributed by atoms with Gasteiger partial charge in [0.2, 0.25) is 59.1 Å². The van der Waals surface area contributed by atoms with Gasteiger partial charge >= 0.3 is 23.9 Å². The maximum absolute atomic E-state index is 13.9. The highest BCUT2D eigenvalue weighted by atomic mass is 16.4. The zero-order chi connectivity index (χ0) is 60.7. The van der Waals surface area contributed by atoms with Crippen molar-refractivity contribution in [3.05, 3.63) is 0 Å². The SMILES string of the molecule is CC(C)C[C@H](NC(=O)[C@@H](NC(=O)[C@H](CCCN=C(N)N)NC(=O)CNC(=O)[C@H](CCC(=O)O)NC(=O)[C@H](CCC(N)=O)NC(=O)[C@H](CC(C)C)NC(=O)[C@H](CCC(=O)O)NC(=O)CNC(=O)[C@@H](N)CCC(=O)O)C(C)C)C(=O)O. The van der Waals surface area contributed by atoms with E-state index in [-0.39, 0.29) is 56.4 Å². The first-order valence-electron chi connectivity index (χ1n) is 25.4. The maximum atomic E-state index is 13.9. The highest BCUT2D eigenvalue weighted by molar-refractivity contribution is 5.98. The Labute approximate surface area is 455 Å². The van der Waals surface area contributed by atoms with Crippen LogP contribution in [0.2, 0.25) is 0 Å². The highest BCUT2D eigenvalue weighted by Crippen LogP contribution is 2.12. The van der Waals surface area contributed by atoms with Crippen molar-refractivity contribution in [1.82, 2.24) is 47.9 Å². The van der Waals surface area contributed by atoms with Gasteiger partial charge in [-0.2, -0.15) is 0 Å². The van der Waals surface area contributed by atoms with Gasteiger partial charge in [-0.1, -0.05) is 41.5 Å². The van der Waals surface area contributed by atoms with Gasteiger partial charge in [0.1, 0.15) is 42.3 Å². The van der Waals surface area contributed by atoms with E-state index in [4.69, 9.17) is 28.0 Å². The molecule has 0 aliphatic carbocycles. The second-order valence-corrected chi connectivity index (χ2v) is 19.6. The fourth-order valence-electron chi connectivity index (χ4n) is 7.15. The van der Waals surface area contributed by atoms with Gasteiger partial charge in [-0.25, -0.2) is 4.79 Å². The molecule has 0 heterocycles. The van der Waals surface area contributed by atoms with Gasteiger partial charge in [0, 0.05) is 32.2 Å². The normalized spacial score (nSPS) is 14.0. The molecule has 0 aliphatic rings. The second-order valence-electron chi connectivity index (χ2n) is 19.6. The van der Waals surface area contributed by atoms with Crippen molar-refractivity contribution >= 4 is 88.9 Å². The molecule has 0 aromatic heterocycles. The number of nitrogens with one attached hydrogen (secondary N) is 9. The van der Waals surface area contributed by atoms with Crippen LogP contribution in [0, 0.1) is 17.8 Å². The molecule has 0 spiro atoms. The van der Waals surface area contributed by atoms with Gasteiger partial charge in [0.05, 0.1) is 19.1 Å². The quantitative estimate of drug-likeness (QED) is 0.0155. The van der Waals surface area contributed by atoms with Gasteiger partial charge in [-0.05, 0) is 69.1 Å². The molecule has 0 aromatic rings. The molecule has 32 nitrogen and oxygen atoms in total. The Balaban J connectivity index is 6.52. The maximum Gasteiger partial charge on any atom is 0.326 e. The summed E-state index contributed by atoms with van der Waals surface area (Å²) in [6, 6.07) is -11.9.